The van der Waals surface area contributed by atoms with Crippen LogP contribution < -0.4 is 11.5 Å². The third-order valence-corrected chi connectivity index (χ3v) is 1.79. The number of aliphatic carboxylic acids is 1. The molecule has 0 aromatic carbocycles. The van der Waals surface area contributed by atoms with E-state index in [0.29, 0.717) is 0 Å². The Kier molecular flexibility index (Phi) is 4.20. The quantitative estimate of drug-likeness (QED) is 0.395. The normalized spacial score (nSPS) is 18.7. The van der Waals surface area contributed by atoms with E-state index in [4.69, 9.17) is 21.7 Å². The third-order valence-electron chi connectivity index (χ3n) is 1.79. The lowest BCUT2D eigenvalue weighted by molar-refractivity contribution is -0.156. The monoisotopic (exact) mass is 220 g/mol. The Balaban J connectivity index is 4.30. The van der Waals surface area contributed by atoms with Crippen molar-refractivity contribution in [2.75, 3.05) is 13.2 Å². The van der Waals surface area contributed by atoms with Crippen LogP contribution in [0.25, 0.3) is 0 Å². The number of carboxylic acids is 1. The van der Waals surface area contributed by atoms with Crippen molar-refractivity contribution >= 4 is 11.9 Å². The number of esters is 1. The third kappa shape index (κ3) is 3.82. The topological polar surface area (TPSA) is 136 Å². The summed E-state index contributed by atoms with van der Waals surface area (Å²) >= 11 is 0. The van der Waals surface area contributed by atoms with Gasteiger partial charge in [-0.05, 0) is 13.8 Å². The van der Waals surface area contributed by atoms with Crippen LogP contribution in [0.2, 0.25) is 0 Å². The highest BCUT2D eigenvalue weighted by molar-refractivity contribution is 5.82. The Morgan fingerprint density at radius 1 is 1.27 bits per heavy atom. The summed E-state index contributed by atoms with van der Waals surface area (Å²) in [5.41, 5.74) is 7.45. The molecule has 0 spiro atoms. The zero-order valence-corrected chi connectivity index (χ0v) is 8.69. The Morgan fingerprint density at radius 2 is 1.73 bits per heavy atom. The largest absolute Gasteiger partial charge is 0.480 e. The number of carbonyl (C=O) groups excluding carboxylic acids is 1. The average Bonchev–Trinajstić information content (AvgIpc) is 2.13. The number of hydrogen-bond donors (Lipinski definition) is 4. The molecule has 0 heterocycles. The van der Waals surface area contributed by atoms with Crippen LogP contribution in [0, 0.1) is 0 Å². The molecule has 2 atom stereocenters. The summed E-state index contributed by atoms with van der Waals surface area (Å²) < 4.78 is 4.59. The van der Waals surface area contributed by atoms with Crippen LogP contribution in [0.5, 0.6) is 0 Å². The van der Waals surface area contributed by atoms with Gasteiger partial charge in [-0.15, -0.1) is 0 Å². The van der Waals surface area contributed by atoms with Crippen molar-refractivity contribution in [3.63, 3.8) is 0 Å². The van der Waals surface area contributed by atoms with Gasteiger partial charge in [-0.2, -0.15) is 0 Å². The molecule has 6 N–H and O–H groups in total. The summed E-state index contributed by atoms with van der Waals surface area (Å²) in [5, 5.41) is 17.3. The second-order valence-electron chi connectivity index (χ2n) is 3.87. The van der Waals surface area contributed by atoms with E-state index in [1.165, 1.54) is 13.8 Å². The van der Waals surface area contributed by atoms with Gasteiger partial charge in [-0.1, -0.05) is 0 Å². The molecule has 0 aromatic heterocycles. The Hall–Kier alpha value is -1.18. The van der Waals surface area contributed by atoms with Crippen LogP contribution in [0.3, 0.4) is 0 Å². The van der Waals surface area contributed by atoms with E-state index in [1.807, 2.05) is 0 Å². The molecule has 15 heavy (non-hydrogen) atoms. The minimum Gasteiger partial charge on any atom is -0.480 e. The minimum absolute atomic E-state index is 0.506. The van der Waals surface area contributed by atoms with Crippen LogP contribution in [0.1, 0.15) is 13.8 Å². The first-order valence-corrected chi connectivity index (χ1v) is 4.23. The molecular weight excluding hydrogens is 204 g/mol. The van der Waals surface area contributed by atoms with Gasteiger partial charge >= 0.3 is 11.9 Å². The molecule has 88 valence electrons. The highest BCUT2D eigenvalue weighted by atomic mass is 16.5. The van der Waals surface area contributed by atoms with Gasteiger partial charge < -0.3 is 26.4 Å². The fourth-order valence-corrected chi connectivity index (χ4v) is 0.507. The number of rotatable bonds is 5. The summed E-state index contributed by atoms with van der Waals surface area (Å²) in [5.74, 6) is -2.19. The number of carboxylic acid groups (broad SMARTS) is 1. The smallest absolute Gasteiger partial charge is 0.328 e. The fraction of sp³-hybridized carbons (Fsp3) is 0.750. The van der Waals surface area contributed by atoms with E-state index in [0.717, 1.165) is 0 Å². The molecule has 0 rings (SSSR count). The van der Waals surface area contributed by atoms with Crippen LogP contribution in [-0.4, -0.2) is 46.4 Å². The highest BCUT2D eigenvalue weighted by Gasteiger charge is 2.34. The first-order valence-electron chi connectivity index (χ1n) is 4.23. The Labute approximate surface area is 87.0 Å². The molecule has 0 amide bonds. The molecule has 0 aliphatic carbocycles. The summed E-state index contributed by atoms with van der Waals surface area (Å²) in [4.78, 5) is 21.8. The molecule has 0 aromatic rings. The maximum absolute atomic E-state index is 11.2. The molecule has 0 saturated carbocycles. The highest BCUT2D eigenvalue weighted by Crippen LogP contribution is 2.05. The van der Waals surface area contributed by atoms with E-state index < -0.39 is 36.2 Å². The molecule has 0 aliphatic heterocycles. The number of nitrogens with two attached hydrogens (primary N) is 2. The summed E-state index contributed by atoms with van der Waals surface area (Å²) in [6.07, 6.45) is 0. The lowest BCUT2D eigenvalue weighted by atomic mass is 10.0. The maximum atomic E-state index is 11.2. The second-order valence-corrected chi connectivity index (χ2v) is 3.87. The standard InChI is InChI=1S/C8H16N2O5/c1-7(9,3-11)6(14)15-4-8(2,10)5(12)13/h11H,3-4,9-10H2,1-2H3,(H,12,13)/t7-,8+/m1/s1. The minimum atomic E-state index is -1.67. The lowest BCUT2D eigenvalue weighted by Crippen LogP contribution is -2.54. The molecule has 0 aliphatic rings. The number of ether oxygens (including phenoxy) is 1. The van der Waals surface area contributed by atoms with Gasteiger partial charge in [-0.3, -0.25) is 4.79 Å². The van der Waals surface area contributed by atoms with E-state index >= 15 is 0 Å². The van der Waals surface area contributed by atoms with Gasteiger partial charge in [0.1, 0.15) is 17.7 Å². The second kappa shape index (κ2) is 4.56. The van der Waals surface area contributed by atoms with E-state index in [9.17, 15) is 9.59 Å². The molecule has 7 heteroatoms. The van der Waals surface area contributed by atoms with Gasteiger partial charge in [0, 0.05) is 0 Å². The zero-order chi connectivity index (χ0) is 12.3. The lowest BCUT2D eigenvalue weighted by Gasteiger charge is -2.23. The van der Waals surface area contributed by atoms with Crippen molar-refractivity contribution < 1.29 is 24.5 Å². The Bertz CT molecular complexity index is 262. The predicted molar refractivity (Wildman–Crippen MR) is 50.9 cm³/mol. The summed E-state index contributed by atoms with van der Waals surface area (Å²) in [6, 6.07) is 0. The van der Waals surface area contributed by atoms with E-state index in [-0.39, 0.29) is 0 Å². The van der Waals surface area contributed by atoms with Gasteiger partial charge in [0.05, 0.1) is 6.61 Å². The van der Waals surface area contributed by atoms with Gasteiger partial charge in [0.15, 0.2) is 0 Å². The van der Waals surface area contributed by atoms with Crippen LogP contribution in [0.4, 0.5) is 0 Å². The SMILES string of the molecule is C[C@](N)(COC(=O)[C@](C)(N)CO)C(=O)O. The molecule has 0 radical (unpaired) electrons. The fourth-order valence-electron chi connectivity index (χ4n) is 0.507. The molecule has 0 saturated heterocycles. The first-order chi connectivity index (χ1) is 6.63. The molecule has 0 unspecified atom stereocenters. The number of hydrogen-bond acceptors (Lipinski definition) is 6. The van der Waals surface area contributed by atoms with Crippen molar-refractivity contribution in [2.45, 2.75) is 24.9 Å². The predicted octanol–water partition coefficient (Wildman–Crippen LogP) is -1.96. The molecule has 0 bridgehead atoms. The van der Waals surface area contributed by atoms with Gasteiger partial charge in [0.2, 0.25) is 0 Å². The van der Waals surface area contributed by atoms with Gasteiger partial charge in [-0.25, -0.2) is 4.79 Å². The summed E-state index contributed by atoms with van der Waals surface area (Å²) in [6.45, 7) is 1.37. The first kappa shape index (κ1) is 13.8. The van der Waals surface area contributed by atoms with Crippen LogP contribution in [0.15, 0.2) is 0 Å². The molecule has 0 fully saturated rings. The van der Waals surface area contributed by atoms with Crippen molar-refractivity contribution in [1.29, 1.82) is 0 Å². The van der Waals surface area contributed by atoms with E-state index in [2.05, 4.69) is 4.74 Å². The van der Waals surface area contributed by atoms with Crippen molar-refractivity contribution in [3.8, 4) is 0 Å². The maximum Gasteiger partial charge on any atom is 0.328 e. The molecular formula is C8H16N2O5. The van der Waals surface area contributed by atoms with Crippen LogP contribution in [-0.2, 0) is 14.3 Å². The number of aliphatic hydroxyl groups is 1. The number of carbonyl (C=O) groups is 2. The van der Waals surface area contributed by atoms with Crippen molar-refractivity contribution in [2.24, 2.45) is 11.5 Å². The van der Waals surface area contributed by atoms with Crippen molar-refractivity contribution in [3.05, 3.63) is 0 Å². The average molecular weight is 220 g/mol. The van der Waals surface area contributed by atoms with Crippen LogP contribution >= 0.6 is 0 Å². The number of aliphatic hydroxyl groups excluding tert-OH is 1. The van der Waals surface area contributed by atoms with Crippen molar-refractivity contribution in [1.82, 2.24) is 0 Å². The summed E-state index contributed by atoms with van der Waals surface area (Å²) in [7, 11) is 0. The van der Waals surface area contributed by atoms with Gasteiger partial charge in [0.25, 0.3) is 0 Å². The Morgan fingerprint density at radius 3 is 2.07 bits per heavy atom. The van der Waals surface area contributed by atoms with E-state index in [1.54, 1.807) is 0 Å². The zero-order valence-electron chi connectivity index (χ0n) is 8.69. The molecule has 7 nitrogen and oxygen atoms in total.